The van der Waals surface area contributed by atoms with Crippen molar-refractivity contribution < 1.29 is 14.3 Å². The van der Waals surface area contributed by atoms with Crippen LogP contribution >= 0.6 is 0 Å². The smallest absolute Gasteiger partial charge is 0.162 e. The predicted molar refractivity (Wildman–Crippen MR) is 72.6 cm³/mol. The van der Waals surface area contributed by atoms with Crippen LogP contribution in [0.4, 0.5) is 0 Å². The summed E-state index contributed by atoms with van der Waals surface area (Å²) in [6.07, 6.45) is 9.02. The molecule has 3 rings (SSSR count). The predicted octanol–water partition coefficient (Wildman–Crippen LogP) is 2.87. The fourth-order valence-corrected chi connectivity index (χ4v) is 4.48. The minimum Gasteiger partial charge on any atom is -0.359 e. The normalized spacial score (nSPS) is 39.9. The molecule has 0 aromatic heterocycles. The van der Waals surface area contributed by atoms with Crippen molar-refractivity contribution in [2.75, 3.05) is 20.5 Å². The molecule has 19 heavy (non-hydrogen) atoms. The van der Waals surface area contributed by atoms with Crippen molar-refractivity contribution in [3.63, 3.8) is 0 Å². The second kappa shape index (κ2) is 4.57. The molecule has 0 amide bonds. The van der Waals surface area contributed by atoms with Gasteiger partial charge in [-0.1, -0.05) is 18.2 Å². The number of hydrogen-bond acceptors (Lipinski definition) is 3. The van der Waals surface area contributed by atoms with Crippen LogP contribution in [0.1, 0.15) is 32.1 Å². The summed E-state index contributed by atoms with van der Waals surface area (Å²) in [6, 6.07) is 0. The lowest BCUT2D eigenvalue weighted by molar-refractivity contribution is -0.125. The highest BCUT2D eigenvalue weighted by Gasteiger charge is 2.61. The Morgan fingerprint density at radius 3 is 3.16 bits per heavy atom. The van der Waals surface area contributed by atoms with Gasteiger partial charge in [-0.05, 0) is 49.5 Å². The fourth-order valence-electron chi connectivity index (χ4n) is 4.48. The molecule has 104 valence electrons. The lowest BCUT2D eigenvalue weighted by Crippen LogP contribution is -2.33. The SMILES string of the molecule is C=C1C[C@@H]2C[C@@]3(CCOCOC)C=CC(=O)[C@]2(C1)C3. The number of rotatable bonds is 5. The molecular formula is C16H22O3. The third-order valence-corrected chi connectivity index (χ3v) is 5.23. The highest BCUT2D eigenvalue weighted by atomic mass is 16.7. The van der Waals surface area contributed by atoms with Crippen molar-refractivity contribution in [1.82, 2.24) is 0 Å². The van der Waals surface area contributed by atoms with Crippen molar-refractivity contribution in [2.45, 2.75) is 32.1 Å². The topological polar surface area (TPSA) is 35.5 Å². The van der Waals surface area contributed by atoms with Crippen LogP contribution in [0.25, 0.3) is 0 Å². The standard InChI is InChI=1S/C16H22O3/c1-12-7-13-9-15(5-6-19-11-18-2)4-3-14(17)16(13,8-12)10-15/h3-4,13H,1,5-11H2,2H3/t13-,15+,16-/m1/s1. The van der Waals surface area contributed by atoms with Crippen LogP contribution in [0.5, 0.6) is 0 Å². The number of methoxy groups -OCH3 is 1. The van der Waals surface area contributed by atoms with Crippen LogP contribution in [0.15, 0.2) is 24.3 Å². The van der Waals surface area contributed by atoms with Gasteiger partial charge in [0.2, 0.25) is 0 Å². The Balaban J connectivity index is 1.74. The van der Waals surface area contributed by atoms with Gasteiger partial charge in [0.05, 0.1) is 6.61 Å². The van der Waals surface area contributed by atoms with Crippen molar-refractivity contribution in [2.24, 2.45) is 16.7 Å². The van der Waals surface area contributed by atoms with Gasteiger partial charge >= 0.3 is 0 Å². The van der Waals surface area contributed by atoms with E-state index in [1.807, 2.05) is 6.08 Å². The minimum absolute atomic E-state index is 0.118. The van der Waals surface area contributed by atoms with Crippen LogP contribution in [0, 0.1) is 16.7 Å². The summed E-state index contributed by atoms with van der Waals surface area (Å²) in [7, 11) is 1.64. The van der Waals surface area contributed by atoms with Gasteiger partial charge in [0.1, 0.15) is 6.79 Å². The number of carbonyl (C=O) groups excluding carboxylic acids is 1. The van der Waals surface area contributed by atoms with Gasteiger partial charge < -0.3 is 9.47 Å². The van der Waals surface area contributed by atoms with E-state index in [4.69, 9.17) is 9.47 Å². The van der Waals surface area contributed by atoms with Gasteiger partial charge in [0.15, 0.2) is 5.78 Å². The molecule has 0 aliphatic heterocycles. The van der Waals surface area contributed by atoms with Crippen LogP contribution in [0.3, 0.4) is 0 Å². The molecule has 0 saturated heterocycles. The second-order valence-corrected chi connectivity index (χ2v) is 6.49. The first-order valence-electron chi connectivity index (χ1n) is 7.07. The van der Waals surface area contributed by atoms with Gasteiger partial charge in [-0.25, -0.2) is 0 Å². The Morgan fingerprint density at radius 1 is 1.53 bits per heavy atom. The summed E-state index contributed by atoms with van der Waals surface area (Å²) < 4.78 is 10.3. The van der Waals surface area contributed by atoms with Crippen LogP contribution < -0.4 is 0 Å². The molecule has 3 aliphatic carbocycles. The monoisotopic (exact) mass is 262 g/mol. The van der Waals surface area contributed by atoms with Crippen molar-refractivity contribution >= 4 is 5.78 Å². The van der Waals surface area contributed by atoms with E-state index in [-0.39, 0.29) is 10.8 Å². The molecule has 0 unspecified atom stereocenters. The number of hydrogen-bond donors (Lipinski definition) is 0. The number of allylic oxidation sites excluding steroid dienone is 3. The third-order valence-electron chi connectivity index (χ3n) is 5.23. The van der Waals surface area contributed by atoms with Crippen molar-refractivity contribution in [3.05, 3.63) is 24.3 Å². The van der Waals surface area contributed by atoms with Crippen LogP contribution in [-0.4, -0.2) is 26.3 Å². The van der Waals surface area contributed by atoms with E-state index >= 15 is 0 Å². The molecule has 3 heteroatoms. The Morgan fingerprint density at radius 2 is 2.37 bits per heavy atom. The van der Waals surface area contributed by atoms with Crippen LogP contribution in [-0.2, 0) is 14.3 Å². The molecule has 3 nitrogen and oxygen atoms in total. The van der Waals surface area contributed by atoms with E-state index < -0.39 is 0 Å². The first kappa shape index (κ1) is 13.1. The highest BCUT2D eigenvalue weighted by Crippen LogP contribution is 2.65. The largest absolute Gasteiger partial charge is 0.359 e. The number of carbonyl (C=O) groups is 1. The fraction of sp³-hybridized carbons (Fsp3) is 0.688. The van der Waals surface area contributed by atoms with Gasteiger partial charge in [-0.15, -0.1) is 0 Å². The molecule has 2 bridgehead atoms. The van der Waals surface area contributed by atoms with E-state index in [0.717, 1.165) is 32.1 Å². The average Bonchev–Trinajstić information content (AvgIpc) is 2.79. The second-order valence-electron chi connectivity index (χ2n) is 6.49. The Kier molecular flexibility index (Phi) is 3.14. The summed E-state index contributed by atoms with van der Waals surface area (Å²) >= 11 is 0. The van der Waals surface area contributed by atoms with Gasteiger partial charge in [-0.3, -0.25) is 4.79 Å². The Bertz CT molecular complexity index is 439. The van der Waals surface area contributed by atoms with E-state index in [0.29, 0.717) is 25.1 Å². The van der Waals surface area contributed by atoms with E-state index in [9.17, 15) is 4.79 Å². The highest BCUT2D eigenvalue weighted by molar-refractivity contribution is 5.97. The lowest BCUT2D eigenvalue weighted by atomic mass is 9.69. The molecule has 0 aromatic rings. The summed E-state index contributed by atoms with van der Waals surface area (Å²) in [6.45, 7) is 5.16. The Labute approximate surface area is 114 Å². The number of ketones is 1. The van der Waals surface area contributed by atoms with Gasteiger partial charge in [0.25, 0.3) is 0 Å². The summed E-state index contributed by atoms with van der Waals surface area (Å²) in [5.41, 5.74) is 1.32. The van der Waals surface area contributed by atoms with Gasteiger partial charge in [-0.2, -0.15) is 0 Å². The summed E-state index contributed by atoms with van der Waals surface area (Å²) in [5.74, 6) is 0.840. The minimum atomic E-state index is -0.118. The first-order chi connectivity index (χ1) is 9.10. The van der Waals surface area contributed by atoms with Crippen molar-refractivity contribution in [1.29, 1.82) is 0 Å². The maximum absolute atomic E-state index is 12.3. The molecule has 3 atom stereocenters. The number of fused-ring (bicyclic) bond motifs is 1. The zero-order valence-electron chi connectivity index (χ0n) is 11.6. The van der Waals surface area contributed by atoms with E-state index in [2.05, 4.69) is 12.7 Å². The molecule has 2 fully saturated rings. The van der Waals surface area contributed by atoms with Crippen LogP contribution in [0.2, 0.25) is 0 Å². The zero-order valence-corrected chi connectivity index (χ0v) is 11.6. The molecule has 2 saturated carbocycles. The molecule has 1 spiro atoms. The van der Waals surface area contributed by atoms with Crippen molar-refractivity contribution in [3.8, 4) is 0 Å². The molecule has 0 heterocycles. The molecule has 0 aromatic carbocycles. The summed E-state index contributed by atoms with van der Waals surface area (Å²) in [4.78, 5) is 12.3. The quantitative estimate of drug-likeness (QED) is 0.434. The van der Waals surface area contributed by atoms with E-state index in [1.165, 1.54) is 5.57 Å². The average molecular weight is 262 g/mol. The maximum atomic E-state index is 12.3. The third kappa shape index (κ3) is 2.00. The molecular weight excluding hydrogens is 240 g/mol. The molecule has 3 aliphatic rings. The molecule has 0 N–H and O–H groups in total. The summed E-state index contributed by atoms with van der Waals surface area (Å²) in [5, 5.41) is 0. The molecule has 0 radical (unpaired) electrons. The Hall–Kier alpha value is -0.930. The number of ether oxygens (including phenoxy) is 2. The lowest BCUT2D eigenvalue weighted by Gasteiger charge is -2.33. The zero-order chi connectivity index (χ0) is 13.5. The first-order valence-corrected chi connectivity index (χ1v) is 7.07. The van der Waals surface area contributed by atoms with E-state index in [1.54, 1.807) is 7.11 Å². The maximum Gasteiger partial charge on any atom is 0.162 e. The van der Waals surface area contributed by atoms with Gasteiger partial charge in [0, 0.05) is 12.5 Å².